The van der Waals surface area contributed by atoms with Crippen LogP contribution in [0.4, 0.5) is 8.78 Å². The molecule has 6 heteroatoms. The molecule has 24 heavy (non-hydrogen) atoms. The van der Waals surface area contributed by atoms with E-state index in [0.717, 1.165) is 31.1 Å². The number of nitrogens with zero attached hydrogens (tertiary/aromatic N) is 2. The van der Waals surface area contributed by atoms with Gasteiger partial charge in [-0.1, -0.05) is 13.0 Å². The first-order valence-electron chi connectivity index (χ1n) is 8.45. The molecule has 4 nitrogen and oxygen atoms in total. The number of aliphatic imine (C=N–C) groups is 1. The van der Waals surface area contributed by atoms with Gasteiger partial charge in [-0.05, 0) is 30.4 Å². The van der Waals surface area contributed by atoms with Gasteiger partial charge >= 0.3 is 0 Å². The molecule has 1 fully saturated rings. The zero-order chi connectivity index (χ0) is 17.5. The van der Waals surface area contributed by atoms with Gasteiger partial charge in [-0.15, -0.1) is 0 Å². The summed E-state index contributed by atoms with van der Waals surface area (Å²) in [6, 6.07) is 3.70. The maximum absolute atomic E-state index is 13.8. The summed E-state index contributed by atoms with van der Waals surface area (Å²) >= 11 is 0. The SMILES string of the molecule is CN=C(NCC(C)c1ccc(F)cc1F)N(C)CCOCC1CC1. The first kappa shape index (κ1) is 18.6. The number of nitrogens with one attached hydrogen (secondary N) is 1. The Bertz CT molecular complexity index is 561. The lowest BCUT2D eigenvalue weighted by molar-refractivity contribution is 0.115. The number of benzene rings is 1. The highest BCUT2D eigenvalue weighted by Gasteiger charge is 2.21. The highest BCUT2D eigenvalue weighted by Crippen LogP contribution is 2.28. The minimum absolute atomic E-state index is 0.0955. The zero-order valence-electron chi connectivity index (χ0n) is 14.7. The second-order valence-corrected chi connectivity index (χ2v) is 6.43. The summed E-state index contributed by atoms with van der Waals surface area (Å²) in [6.45, 7) is 4.67. The number of hydrogen-bond acceptors (Lipinski definition) is 2. The minimum Gasteiger partial charge on any atom is -0.379 e. The molecule has 0 saturated heterocycles. The average Bonchev–Trinajstić information content (AvgIpc) is 3.36. The number of hydrogen-bond donors (Lipinski definition) is 1. The Morgan fingerprint density at radius 1 is 1.42 bits per heavy atom. The standard InChI is InChI=1S/C18H27F2N3O/c1-13(16-7-6-15(19)10-17(16)20)11-22-18(21-2)23(3)8-9-24-12-14-4-5-14/h6-7,10,13-14H,4-5,8-9,11-12H2,1-3H3,(H,21,22). The predicted octanol–water partition coefficient (Wildman–Crippen LogP) is 3.00. The molecular weight excluding hydrogens is 312 g/mol. The molecule has 0 spiro atoms. The first-order chi connectivity index (χ1) is 11.5. The molecule has 1 N–H and O–H groups in total. The summed E-state index contributed by atoms with van der Waals surface area (Å²) < 4.78 is 32.4. The zero-order valence-corrected chi connectivity index (χ0v) is 14.7. The van der Waals surface area contributed by atoms with Crippen molar-refractivity contribution in [2.24, 2.45) is 10.9 Å². The van der Waals surface area contributed by atoms with Gasteiger partial charge in [-0.2, -0.15) is 0 Å². The first-order valence-corrected chi connectivity index (χ1v) is 8.45. The van der Waals surface area contributed by atoms with E-state index in [-0.39, 0.29) is 5.92 Å². The molecule has 1 aromatic rings. The Balaban J connectivity index is 1.76. The quantitative estimate of drug-likeness (QED) is 0.449. The van der Waals surface area contributed by atoms with Gasteiger partial charge in [0.2, 0.25) is 0 Å². The van der Waals surface area contributed by atoms with Crippen molar-refractivity contribution in [2.75, 3.05) is 40.4 Å². The normalized spacial score (nSPS) is 16.1. The Labute approximate surface area is 142 Å². The minimum atomic E-state index is -0.557. The van der Waals surface area contributed by atoms with Gasteiger partial charge in [0, 0.05) is 45.8 Å². The molecule has 1 aliphatic carbocycles. The van der Waals surface area contributed by atoms with E-state index >= 15 is 0 Å². The van der Waals surface area contributed by atoms with Crippen LogP contribution in [0.5, 0.6) is 0 Å². The molecule has 0 bridgehead atoms. The molecule has 1 aliphatic rings. The largest absolute Gasteiger partial charge is 0.379 e. The lowest BCUT2D eigenvalue weighted by Crippen LogP contribution is -2.42. The lowest BCUT2D eigenvalue weighted by Gasteiger charge is -2.23. The maximum Gasteiger partial charge on any atom is 0.193 e. The Kier molecular flexibility index (Phi) is 6.97. The summed E-state index contributed by atoms with van der Waals surface area (Å²) in [5, 5.41) is 3.23. The van der Waals surface area contributed by atoms with Gasteiger partial charge in [0.1, 0.15) is 11.6 Å². The van der Waals surface area contributed by atoms with Gasteiger partial charge in [0.25, 0.3) is 0 Å². The molecule has 0 aromatic heterocycles. The van der Waals surface area contributed by atoms with Crippen LogP contribution >= 0.6 is 0 Å². The van der Waals surface area contributed by atoms with Gasteiger partial charge in [0.15, 0.2) is 5.96 Å². The fourth-order valence-corrected chi connectivity index (χ4v) is 2.48. The second-order valence-electron chi connectivity index (χ2n) is 6.43. The van der Waals surface area contributed by atoms with Crippen LogP contribution in [0.2, 0.25) is 0 Å². The van der Waals surface area contributed by atoms with Crippen molar-refractivity contribution in [1.29, 1.82) is 0 Å². The number of halogens is 2. The third-order valence-electron chi connectivity index (χ3n) is 4.25. The van der Waals surface area contributed by atoms with Gasteiger partial charge in [-0.25, -0.2) is 8.78 Å². The van der Waals surface area contributed by atoms with Gasteiger partial charge in [-0.3, -0.25) is 4.99 Å². The summed E-state index contributed by atoms with van der Waals surface area (Å²) in [7, 11) is 3.66. The van der Waals surface area contributed by atoms with Crippen LogP contribution in [0.15, 0.2) is 23.2 Å². The van der Waals surface area contributed by atoms with Crippen molar-refractivity contribution in [1.82, 2.24) is 10.2 Å². The maximum atomic E-state index is 13.8. The highest BCUT2D eigenvalue weighted by atomic mass is 19.1. The summed E-state index contributed by atoms with van der Waals surface area (Å²) in [5.41, 5.74) is 0.495. The van der Waals surface area contributed by atoms with Crippen LogP contribution in [0.25, 0.3) is 0 Å². The van der Waals surface area contributed by atoms with Crippen LogP contribution in [0, 0.1) is 17.6 Å². The molecular formula is C18H27F2N3O. The van der Waals surface area contributed by atoms with Crippen molar-refractivity contribution < 1.29 is 13.5 Å². The molecule has 1 saturated carbocycles. The van der Waals surface area contributed by atoms with Crippen molar-refractivity contribution in [2.45, 2.75) is 25.7 Å². The smallest absolute Gasteiger partial charge is 0.193 e. The summed E-state index contributed by atoms with van der Waals surface area (Å²) in [5.74, 6) is 0.333. The van der Waals surface area contributed by atoms with Crippen LogP contribution in [-0.2, 0) is 4.74 Å². The van der Waals surface area contributed by atoms with Crippen molar-refractivity contribution in [3.8, 4) is 0 Å². The molecule has 2 rings (SSSR count). The number of likely N-dealkylation sites (N-methyl/N-ethyl adjacent to an activating group) is 1. The Morgan fingerprint density at radius 3 is 2.79 bits per heavy atom. The fourth-order valence-electron chi connectivity index (χ4n) is 2.48. The molecule has 1 atom stereocenters. The van der Waals surface area contributed by atoms with E-state index in [2.05, 4.69) is 10.3 Å². The van der Waals surface area contributed by atoms with E-state index < -0.39 is 11.6 Å². The fraction of sp³-hybridized carbons (Fsp3) is 0.611. The predicted molar refractivity (Wildman–Crippen MR) is 92.3 cm³/mol. The number of guanidine groups is 1. The van der Waals surface area contributed by atoms with Gasteiger partial charge < -0.3 is 15.0 Å². The van der Waals surface area contributed by atoms with Crippen LogP contribution in [0.3, 0.4) is 0 Å². The molecule has 0 heterocycles. The Morgan fingerprint density at radius 2 is 2.17 bits per heavy atom. The Hall–Kier alpha value is -1.69. The number of ether oxygens (including phenoxy) is 1. The topological polar surface area (TPSA) is 36.9 Å². The van der Waals surface area contributed by atoms with Crippen molar-refractivity contribution >= 4 is 5.96 Å². The molecule has 0 radical (unpaired) electrons. The lowest BCUT2D eigenvalue weighted by atomic mass is 10.0. The van der Waals surface area contributed by atoms with E-state index in [1.54, 1.807) is 7.05 Å². The average molecular weight is 339 g/mol. The van der Waals surface area contributed by atoms with E-state index in [4.69, 9.17) is 4.74 Å². The molecule has 0 aliphatic heterocycles. The van der Waals surface area contributed by atoms with Crippen LogP contribution in [-0.4, -0.2) is 51.3 Å². The van der Waals surface area contributed by atoms with Gasteiger partial charge in [0.05, 0.1) is 6.61 Å². The van der Waals surface area contributed by atoms with Crippen molar-refractivity contribution in [3.05, 3.63) is 35.4 Å². The molecule has 1 unspecified atom stereocenters. The summed E-state index contributed by atoms with van der Waals surface area (Å²) in [4.78, 5) is 6.23. The van der Waals surface area contributed by atoms with E-state index in [9.17, 15) is 8.78 Å². The van der Waals surface area contributed by atoms with Crippen LogP contribution in [0.1, 0.15) is 31.2 Å². The second kappa shape index (κ2) is 8.97. The van der Waals surface area contributed by atoms with Crippen LogP contribution < -0.4 is 5.32 Å². The molecule has 134 valence electrons. The monoisotopic (exact) mass is 339 g/mol. The third kappa shape index (κ3) is 5.74. The highest BCUT2D eigenvalue weighted by molar-refractivity contribution is 5.79. The summed E-state index contributed by atoms with van der Waals surface area (Å²) in [6.07, 6.45) is 2.58. The number of rotatable bonds is 8. The molecule has 0 amide bonds. The van der Waals surface area contributed by atoms with E-state index in [1.807, 2.05) is 18.9 Å². The van der Waals surface area contributed by atoms with E-state index in [1.165, 1.54) is 25.0 Å². The van der Waals surface area contributed by atoms with E-state index in [0.29, 0.717) is 18.7 Å². The third-order valence-corrected chi connectivity index (χ3v) is 4.25. The van der Waals surface area contributed by atoms with Crippen molar-refractivity contribution in [3.63, 3.8) is 0 Å². The molecule has 1 aromatic carbocycles.